The van der Waals surface area contributed by atoms with E-state index in [-0.39, 0.29) is 0 Å². The molecule has 2 nitrogen and oxygen atoms in total. The Kier molecular flexibility index (Phi) is 3.10. The smallest absolute Gasteiger partial charge is 0.122 e. The van der Waals surface area contributed by atoms with Crippen LogP contribution in [0.4, 0.5) is 5.69 Å². The summed E-state index contributed by atoms with van der Waals surface area (Å²) in [6.45, 7) is 2.54. The van der Waals surface area contributed by atoms with Gasteiger partial charge in [0.25, 0.3) is 0 Å². The Morgan fingerprint density at radius 2 is 1.69 bits per heavy atom. The largest absolute Gasteiger partial charge is 0.489 e. The summed E-state index contributed by atoms with van der Waals surface area (Å²) in [6, 6.07) is 15.7. The van der Waals surface area contributed by atoms with Gasteiger partial charge < -0.3 is 10.5 Å². The average molecular weight is 213 g/mol. The van der Waals surface area contributed by atoms with Gasteiger partial charge in [-0.15, -0.1) is 0 Å². The Hall–Kier alpha value is -1.96. The summed E-state index contributed by atoms with van der Waals surface area (Å²) in [5.74, 6) is 0.908. The summed E-state index contributed by atoms with van der Waals surface area (Å²) in [7, 11) is 0. The summed E-state index contributed by atoms with van der Waals surface area (Å²) in [4.78, 5) is 0. The minimum atomic E-state index is 0.511. The van der Waals surface area contributed by atoms with Gasteiger partial charge >= 0.3 is 0 Å². The molecule has 0 aromatic heterocycles. The van der Waals surface area contributed by atoms with Crippen molar-refractivity contribution in [2.75, 3.05) is 5.73 Å². The topological polar surface area (TPSA) is 35.2 Å². The van der Waals surface area contributed by atoms with Crippen molar-refractivity contribution >= 4 is 5.69 Å². The van der Waals surface area contributed by atoms with Crippen molar-refractivity contribution in [2.24, 2.45) is 0 Å². The molecule has 2 N–H and O–H groups in total. The van der Waals surface area contributed by atoms with Crippen LogP contribution in [0.15, 0.2) is 48.5 Å². The van der Waals surface area contributed by atoms with Gasteiger partial charge in [-0.1, -0.05) is 36.4 Å². The second-order valence-corrected chi connectivity index (χ2v) is 3.75. The molecule has 0 heterocycles. The van der Waals surface area contributed by atoms with E-state index in [4.69, 9.17) is 10.5 Å². The Bertz CT molecular complexity index is 434. The van der Waals surface area contributed by atoms with Gasteiger partial charge in [0.15, 0.2) is 0 Å². The molecule has 0 aliphatic heterocycles. The third-order valence-electron chi connectivity index (χ3n) is 2.53. The van der Waals surface area contributed by atoms with Crippen LogP contribution in [0, 0.1) is 6.92 Å². The molecule has 0 fully saturated rings. The number of hydrogen-bond acceptors (Lipinski definition) is 2. The van der Waals surface area contributed by atoms with Gasteiger partial charge in [0, 0.05) is 11.3 Å². The average Bonchev–Trinajstić information content (AvgIpc) is 2.30. The van der Waals surface area contributed by atoms with E-state index in [1.165, 1.54) is 0 Å². The molecule has 2 aromatic carbocycles. The zero-order valence-corrected chi connectivity index (χ0v) is 9.31. The maximum atomic E-state index is 5.84. The third-order valence-corrected chi connectivity index (χ3v) is 2.53. The van der Waals surface area contributed by atoms with Gasteiger partial charge in [-0.05, 0) is 24.6 Å². The van der Waals surface area contributed by atoms with Crippen LogP contribution in [-0.4, -0.2) is 0 Å². The van der Waals surface area contributed by atoms with E-state index in [0.717, 1.165) is 22.6 Å². The zero-order valence-electron chi connectivity index (χ0n) is 9.31. The predicted octanol–water partition coefficient (Wildman–Crippen LogP) is 3.16. The quantitative estimate of drug-likeness (QED) is 0.795. The van der Waals surface area contributed by atoms with Crippen molar-refractivity contribution < 1.29 is 4.74 Å². The predicted molar refractivity (Wildman–Crippen MR) is 66.4 cm³/mol. The molecule has 0 radical (unpaired) electrons. The van der Waals surface area contributed by atoms with Crippen molar-refractivity contribution in [2.45, 2.75) is 13.5 Å². The van der Waals surface area contributed by atoms with Crippen molar-refractivity contribution in [3.05, 3.63) is 59.7 Å². The van der Waals surface area contributed by atoms with E-state index < -0.39 is 0 Å². The van der Waals surface area contributed by atoms with Gasteiger partial charge in [0.05, 0.1) is 0 Å². The number of para-hydroxylation sites is 2. The summed E-state index contributed by atoms with van der Waals surface area (Å²) in [5, 5.41) is 0. The summed E-state index contributed by atoms with van der Waals surface area (Å²) >= 11 is 0. The molecular weight excluding hydrogens is 198 g/mol. The summed E-state index contributed by atoms with van der Waals surface area (Å²) in [6.07, 6.45) is 0. The first kappa shape index (κ1) is 10.6. The zero-order chi connectivity index (χ0) is 11.4. The molecule has 2 heteroatoms. The maximum Gasteiger partial charge on any atom is 0.122 e. The van der Waals surface area contributed by atoms with E-state index in [0.29, 0.717) is 6.61 Å². The van der Waals surface area contributed by atoms with Crippen molar-refractivity contribution in [3.63, 3.8) is 0 Å². The number of nitrogens with two attached hydrogens (primary N) is 1. The van der Waals surface area contributed by atoms with Gasteiger partial charge in [0.2, 0.25) is 0 Å². The van der Waals surface area contributed by atoms with Crippen LogP contribution in [0.25, 0.3) is 0 Å². The minimum absolute atomic E-state index is 0.511. The summed E-state index contributed by atoms with van der Waals surface area (Å²) in [5.41, 5.74) is 8.77. The first-order valence-electron chi connectivity index (χ1n) is 5.29. The van der Waals surface area contributed by atoms with Crippen LogP contribution < -0.4 is 10.5 Å². The number of benzene rings is 2. The van der Waals surface area contributed by atoms with Gasteiger partial charge in [0.1, 0.15) is 12.4 Å². The standard InChI is InChI=1S/C14H15NO/c1-11-6-2-5-9-14(11)16-10-12-7-3-4-8-13(12)15/h2-9H,10,15H2,1H3. The highest BCUT2D eigenvalue weighted by molar-refractivity contribution is 5.46. The molecule has 2 aromatic rings. The lowest BCUT2D eigenvalue weighted by atomic mass is 10.2. The van der Waals surface area contributed by atoms with Crippen molar-refractivity contribution in [1.82, 2.24) is 0 Å². The molecule has 0 saturated heterocycles. The van der Waals surface area contributed by atoms with Crippen LogP contribution in [0.2, 0.25) is 0 Å². The molecule has 0 amide bonds. The molecule has 82 valence electrons. The number of nitrogen functional groups attached to an aromatic ring is 1. The maximum absolute atomic E-state index is 5.84. The first-order valence-corrected chi connectivity index (χ1v) is 5.29. The number of anilines is 1. The monoisotopic (exact) mass is 213 g/mol. The molecule has 0 unspecified atom stereocenters. The fourth-order valence-electron chi connectivity index (χ4n) is 1.54. The van der Waals surface area contributed by atoms with E-state index in [9.17, 15) is 0 Å². The second-order valence-electron chi connectivity index (χ2n) is 3.75. The lowest BCUT2D eigenvalue weighted by Crippen LogP contribution is -2.00. The Morgan fingerprint density at radius 3 is 2.44 bits per heavy atom. The molecule has 16 heavy (non-hydrogen) atoms. The fourth-order valence-corrected chi connectivity index (χ4v) is 1.54. The lowest BCUT2D eigenvalue weighted by molar-refractivity contribution is 0.305. The van der Waals surface area contributed by atoms with Crippen molar-refractivity contribution in [1.29, 1.82) is 0 Å². The first-order chi connectivity index (χ1) is 7.77. The summed E-state index contributed by atoms with van der Waals surface area (Å²) < 4.78 is 5.72. The molecule has 0 aliphatic carbocycles. The normalized spacial score (nSPS) is 10.1. The molecule has 0 bridgehead atoms. The highest BCUT2D eigenvalue weighted by Gasteiger charge is 2.01. The highest BCUT2D eigenvalue weighted by Crippen LogP contribution is 2.19. The van der Waals surface area contributed by atoms with Gasteiger partial charge in [-0.3, -0.25) is 0 Å². The highest BCUT2D eigenvalue weighted by atomic mass is 16.5. The van der Waals surface area contributed by atoms with Crippen LogP contribution in [0.1, 0.15) is 11.1 Å². The van der Waals surface area contributed by atoms with Crippen LogP contribution >= 0.6 is 0 Å². The molecule has 0 spiro atoms. The molecular formula is C14H15NO. The van der Waals surface area contributed by atoms with E-state index in [2.05, 4.69) is 0 Å². The second kappa shape index (κ2) is 4.71. The van der Waals surface area contributed by atoms with Crippen LogP contribution in [-0.2, 0) is 6.61 Å². The fraction of sp³-hybridized carbons (Fsp3) is 0.143. The van der Waals surface area contributed by atoms with E-state index >= 15 is 0 Å². The minimum Gasteiger partial charge on any atom is -0.489 e. The molecule has 0 aliphatic rings. The van der Waals surface area contributed by atoms with Gasteiger partial charge in [-0.2, -0.15) is 0 Å². The molecule has 0 atom stereocenters. The number of rotatable bonds is 3. The van der Waals surface area contributed by atoms with E-state index in [1.807, 2.05) is 55.5 Å². The van der Waals surface area contributed by atoms with Crippen molar-refractivity contribution in [3.8, 4) is 5.75 Å². The number of ether oxygens (including phenoxy) is 1. The van der Waals surface area contributed by atoms with Crippen LogP contribution in [0.3, 0.4) is 0 Å². The number of hydrogen-bond donors (Lipinski definition) is 1. The molecule has 2 rings (SSSR count). The Balaban J connectivity index is 2.09. The molecule has 0 saturated carbocycles. The van der Waals surface area contributed by atoms with E-state index in [1.54, 1.807) is 0 Å². The lowest BCUT2D eigenvalue weighted by Gasteiger charge is -2.10. The Morgan fingerprint density at radius 1 is 1.00 bits per heavy atom. The Labute approximate surface area is 95.7 Å². The number of aryl methyl sites for hydroxylation is 1. The van der Waals surface area contributed by atoms with Gasteiger partial charge in [-0.25, -0.2) is 0 Å². The third kappa shape index (κ3) is 2.34. The SMILES string of the molecule is Cc1ccccc1OCc1ccccc1N. The van der Waals surface area contributed by atoms with Crippen LogP contribution in [0.5, 0.6) is 5.75 Å².